The van der Waals surface area contributed by atoms with Crippen molar-refractivity contribution >= 4 is 32.3 Å². The van der Waals surface area contributed by atoms with Crippen LogP contribution in [0, 0.1) is 6.92 Å². The van der Waals surface area contributed by atoms with Gasteiger partial charge in [0.2, 0.25) is 10.0 Å². The molecular formula is C17H17N3O5S2. The highest BCUT2D eigenvalue weighted by molar-refractivity contribution is 7.89. The van der Waals surface area contributed by atoms with Crippen LogP contribution in [0.4, 0.5) is 0 Å². The lowest BCUT2D eigenvalue weighted by molar-refractivity contribution is -0.146. The predicted molar refractivity (Wildman–Crippen MR) is 100 cm³/mol. The molecule has 0 bridgehead atoms. The van der Waals surface area contributed by atoms with Crippen molar-refractivity contribution in [2.75, 3.05) is 0 Å². The minimum atomic E-state index is -3.85. The maximum absolute atomic E-state index is 12.3. The fourth-order valence-corrected chi connectivity index (χ4v) is 4.23. The molecule has 0 saturated carbocycles. The number of benzene rings is 1. The molecule has 0 saturated heterocycles. The lowest BCUT2D eigenvalue weighted by Gasteiger charge is -2.13. The number of fused-ring (bicyclic) bond motifs is 1. The van der Waals surface area contributed by atoms with Gasteiger partial charge < -0.3 is 4.74 Å². The fraction of sp³-hybridized carbons (Fsp3) is 0.235. The highest BCUT2D eigenvalue weighted by Gasteiger charge is 2.23. The van der Waals surface area contributed by atoms with Gasteiger partial charge >= 0.3 is 5.97 Å². The summed E-state index contributed by atoms with van der Waals surface area (Å²) in [6.45, 7) is 3.01. The zero-order valence-electron chi connectivity index (χ0n) is 14.6. The third-order valence-electron chi connectivity index (χ3n) is 3.74. The van der Waals surface area contributed by atoms with Crippen molar-refractivity contribution in [3.05, 3.63) is 63.5 Å². The largest absolute Gasteiger partial charge is 0.458 e. The molecule has 3 aromatic rings. The lowest BCUT2D eigenvalue weighted by Crippen LogP contribution is -2.39. The van der Waals surface area contributed by atoms with Crippen molar-refractivity contribution in [2.45, 2.75) is 31.4 Å². The molecule has 2 heterocycles. The van der Waals surface area contributed by atoms with Gasteiger partial charge in [-0.1, -0.05) is 17.7 Å². The average Bonchev–Trinajstić information content (AvgIpc) is 3.09. The Bertz CT molecular complexity index is 1130. The van der Waals surface area contributed by atoms with E-state index >= 15 is 0 Å². The minimum Gasteiger partial charge on any atom is -0.458 e. The SMILES string of the molecule is Cc1ccc(S(=O)(=O)N[C@@H](C)C(=O)OCc2cc(=O)n3ccsc3n2)cc1. The van der Waals surface area contributed by atoms with Gasteiger partial charge in [0.1, 0.15) is 12.6 Å². The highest BCUT2D eigenvalue weighted by Crippen LogP contribution is 2.11. The summed E-state index contributed by atoms with van der Waals surface area (Å²) in [7, 11) is -3.85. The molecule has 0 aliphatic rings. The fourth-order valence-electron chi connectivity index (χ4n) is 2.30. The van der Waals surface area contributed by atoms with E-state index in [-0.39, 0.29) is 17.1 Å². The summed E-state index contributed by atoms with van der Waals surface area (Å²) in [6.07, 6.45) is 1.60. The van der Waals surface area contributed by atoms with Crippen LogP contribution in [0.5, 0.6) is 0 Å². The molecule has 0 aliphatic heterocycles. The van der Waals surface area contributed by atoms with Crippen LogP contribution in [-0.2, 0) is 26.2 Å². The Morgan fingerprint density at radius 1 is 1.33 bits per heavy atom. The van der Waals surface area contributed by atoms with Crippen molar-refractivity contribution < 1.29 is 17.9 Å². The number of sulfonamides is 1. The molecule has 0 amide bonds. The van der Waals surface area contributed by atoms with Gasteiger partial charge in [-0.3, -0.25) is 14.0 Å². The maximum atomic E-state index is 12.3. The van der Waals surface area contributed by atoms with E-state index in [1.54, 1.807) is 23.7 Å². The number of hydrogen-bond acceptors (Lipinski definition) is 7. The Labute approximate surface area is 159 Å². The average molecular weight is 407 g/mol. The zero-order valence-corrected chi connectivity index (χ0v) is 16.2. The number of ether oxygens (including phenoxy) is 1. The summed E-state index contributed by atoms with van der Waals surface area (Å²) in [6, 6.07) is 6.44. The van der Waals surface area contributed by atoms with E-state index in [4.69, 9.17) is 4.74 Å². The first-order chi connectivity index (χ1) is 12.8. The Kier molecular flexibility index (Phi) is 5.40. The third-order valence-corrected chi connectivity index (χ3v) is 6.05. The topological polar surface area (TPSA) is 107 Å². The standard InChI is InChI=1S/C17H17N3O5S2/c1-11-3-5-14(6-4-11)27(23,24)19-12(2)16(22)25-10-13-9-15(21)20-7-8-26-17(20)18-13/h3-9,12,19H,10H2,1-2H3/t12-/m0/s1. The molecule has 1 N–H and O–H groups in total. The minimum absolute atomic E-state index is 0.0607. The normalized spacial score (nSPS) is 12.8. The second-order valence-electron chi connectivity index (χ2n) is 5.91. The molecule has 0 spiro atoms. The summed E-state index contributed by atoms with van der Waals surface area (Å²) in [5.41, 5.74) is 0.942. The van der Waals surface area contributed by atoms with Gasteiger partial charge in [-0.2, -0.15) is 4.72 Å². The first-order valence-electron chi connectivity index (χ1n) is 7.98. The molecule has 0 aliphatic carbocycles. The van der Waals surface area contributed by atoms with Crippen molar-refractivity contribution in [2.24, 2.45) is 0 Å². The van der Waals surface area contributed by atoms with E-state index in [1.807, 2.05) is 6.92 Å². The first kappa shape index (κ1) is 19.2. The number of aryl methyl sites for hydroxylation is 1. The van der Waals surface area contributed by atoms with Gasteiger partial charge in [-0.25, -0.2) is 13.4 Å². The molecule has 27 heavy (non-hydrogen) atoms. The summed E-state index contributed by atoms with van der Waals surface area (Å²) in [5.74, 6) is -0.765. The van der Waals surface area contributed by atoms with Crippen LogP contribution in [0.15, 0.2) is 51.6 Å². The molecule has 2 aromatic heterocycles. The molecule has 0 fully saturated rings. The smallest absolute Gasteiger partial charge is 0.324 e. The van der Waals surface area contributed by atoms with E-state index in [1.165, 1.54) is 40.9 Å². The van der Waals surface area contributed by atoms with Gasteiger partial charge in [-0.05, 0) is 26.0 Å². The monoisotopic (exact) mass is 407 g/mol. The van der Waals surface area contributed by atoms with E-state index in [0.717, 1.165) is 5.56 Å². The summed E-state index contributed by atoms with van der Waals surface area (Å²) < 4.78 is 33.4. The van der Waals surface area contributed by atoms with Crippen molar-refractivity contribution in [1.82, 2.24) is 14.1 Å². The third kappa shape index (κ3) is 4.41. The number of aromatic nitrogens is 2. The lowest BCUT2D eigenvalue weighted by atomic mass is 10.2. The molecule has 10 heteroatoms. The maximum Gasteiger partial charge on any atom is 0.324 e. The number of nitrogens with one attached hydrogen (secondary N) is 1. The molecule has 1 aromatic carbocycles. The summed E-state index contributed by atoms with van der Waals surface area (Å²) >= 11 is 1.28. The van der Waals surface area contributed by atoms with E-state index in [2.05, 4.69) is 9.71 Å². The molecule has 0 radical (unpaired) electrons. The first-order valence-corrected chi connectivity index (χ1v) is 10.3. The van der Waals surface area contributed by atoms with Gasteiger partial charge in [0.05, 0.1) is 10.6 Å². The summed E-state index contributed by atoms with van der Waals surface area (Å²) in [5, 5.41) is 1.72. The van der Waals surface area contributed by atoms with Crippen molar-refractivity contribution in [1.29, 1.82) is 0 Å². The van der Waals surface area contributed by atoms with Gasteiger partial charge in [0.25, 0.3) is 5.56 Å². The Hall–Kier alpha value is -2.56. The van der Waals surface area contributed by atoms with E-state index in [9.17, 15) is 18.0 Å². The number of thiazole rings is 1. The van der Waals surface area contributed by atoms with Gasteiger partial charge in [0.15, 0.2) is 4.96 Å². The Morgan fingerprint density at radius 3 is 2.74 bits per heavy atom. The van der Waals surface area contributed by atoms with Crippen LogP contribution in [0.2, 0.25) is 0 Å². The number of rotatable bonds is 6. The Balaban J connectivity index is 1.64. The van der Waals surface area contributed by atoms with Crippen molar-refractivity contribution in [3.8, 4) is 0 Å². The van der Waals surface area contributed by atoms with Gasteiger partial charge in [-0.15, -0.1) is 11.3 Å². The molecule has 1 atom stereocenters. The van der Waals surface area contributed by atoms with E-state index in [0.29, 0.717) is 10.7 Å². The second kappa shape index (κ2) is 7.59. The van der Waals surface area contributed by atoms with Crippen LogP contribution in [-0.4, -0.2) is 29.8 Å². The van der Waals surface area contributed by atoms with Crippen LogP contribution < -0.4 is 10.3 Å². The van der Waals surface area contributed by atoms with Crippen LogP contribution >= 0.6 is 11.3 Å². The zero-order chi connectivity index (χ0) is 19.6. The summed E-state index contributed by atoms with van der Waals surface area (Å²) in [4.78, 5) is 28.8. The molecule has 8 nitrogen and oxygen atoms in total. The molecule has 142 valence electrons. The quantitative estimate of drug-likeness (QED) is 0.620. The molecule has 3 rings (SSSR count). The Morgan fingerprint density at radius 2 is 2.04 bits per heavy atom. The molecule has 0 unspecified atom stereocenters. The number of hydrogen-bond donors (Lipinski definition) is 1. The van der Waals surface area contributed by atoms with E-state index < -0.39 is 22.0 Å². The van der Waals surface area contributed by atoms with Gasteiger partial charge in [0, 0.05) is 17.6 Å². The van der Waals surface area contributed by atoms with Crippen LogP contribution in [0.3, 0.4) is 0 Å². The van der Waals surface area contributed by atoms with Crippen LogP contribution in [0.25, 0.3) is 4.96 Å². The number of carbonyl (C=O) groups is 1. The van der Waals surface area contributed by atoms with Crippen molar-refractivity contribution in [3.63, 3.8) is 0 Å². The number of esters is 1. The number of nitrogens with zero attached hydrogens (tertiary/aromatic N) is 2. The second-order valence-corrected chi connectivity index (χ2v) is 8.49. The van der Waals surface area contributed by atoms with Crippen LogP contribution in [0.1, 0.15) is 18.2 Å². The highest BCUT2D eigenvalue weighted by atomic mass is 32.2. The predicted octanol–water partition coefficient (Wildman–Crippen LogP) is 1.47. The number of carbonyl (C=O) groups excluding carboxylic acids is 1. The molecular weight excluding hydrogens is 390 g/mol.